The second-order valence-corrected chi connectivity index (χ2v) is 2.96. The van der Waals surface area contributed by atoms with E-state index in [-0.39, 0.29) is 0 Å². The van der Waals surface area contributed by atoms with Crippen molar-refractivity contribution in [2.45, 2.75) is 13.5 Å². The van der Waals surface area contributed by atoms with E-state index < -0.39 is 0 Å². The molecule has 0 fully saturated rings. The molecule has 0 atom stereocenters. The first-order valence-electron chi connectivity index (χ1n) is 3.63. The number of hydrogen-bond donors (Lipinski definition) is 2. The highest BCUT2D eigenvalue weighted by atomic mass is 32.1. The Balaban J connectivity index is 2.63. The maximum absolute atomic E-state index is 5.30. The summed E-state index contributed by atoms with van der Waals surface area (Å²) in [6.45, 7) is 2.67. The molecule has 3 N–H and O–H groups in total. The van der Waals surface area contributed by atoms with E-state index in [0.29, 0.717) is 11.7 Å². The van der Waals surface area contributed by atoms with Crippen LogP contribution in [0.15, 0.2) is 18.5 Å². The van der Waals surface area contributed by atoms with Gasteiger partial charge in [0.15, 0.2) is 5.11 Å². The van der Waals surface area contributed by atoms with Crippen LogP contribution in [0.5, 0.6) is 0 Å². The van der Waals surface area contributed by atoms with Crippen LogP contribution in [0, 0.1) is 6.92 Å². The first kappa shape index (κ1) is 8.93. The summed E-state index contributed by atoms with van der Waals surface area (Å²) < 4.78 is 0. The van der Waals surface area contributed by atoms with Crippen molar-refractivity contribution in [3.05, 3.63) is 29.6 Å². The Kier molecular flexibility index (Phi) is 2.99. The van der Waals surface area contributed by atoms with E-state index in [1.54, 1.807) is 6.20 Å². The van der Waals surface area contributed by atoms with Gasteiger partial charge in [-0.15, -0.1) is 0 Å². The molecule has 1 aromatic heterocycles. The number of aromatic nitrogens is 1. The third kappa shape index (κ3) is 2.47. The van der Waals surface area contributed by atoms with Crippen LogP contribution in [-0.2, 0) is 6.54 Å². The minimum Gasteiger partial charge on any atom is -0.376 e. The van der Waals surface area contributed by atoms with E-state index >= 15 is 0 Å². The van der Waals surface area contributed by atoms with Crippen LogP contribution in [0.2, 0.25) is 0 Å². The van der Waals surface area contributed by atoms with Gasteiger partial charge < -0.3 is 11.1 Å². The molecule has 0 aliphatic carbocycles. The smallest absolute Gasteiger partial charge is 0.163 e. The Morgan fingerprint density at radius 1 is 1.75 bits per heavy atom. The van der Waals surface area contributed by atoms with Crippen molar-refractivity contribution in [3.63, 3.8) is 0 Å². The number of nitrogens with zero attached hydrogens (tertiary/aromatic N) is 1. The first-order chi connectivity index (χ1) is 5.70. The number of nitrogens with two attached hydrogens (primary N) is 1. The standard InChI is InChI=1S/C8H11N3S/c1-6-4-10-3-2-7(6)5-11-8(9)12/h2-4H,5H2,1H3,(H3,9,11,12). The average Bonchev–Trinajstić information content (AvgIpc) is 2.03. The minimum absolute atomic E-state index is 0.325. The zero-order valence-corrected chi connectivity index (χ0v) is 7.69. The molecule has 3 nitrogen and oxygen atoms in total. The Hall–Kier alpha value is -1.16. The molecule has 0 amide bonds. The van der Waals surface area contributed by atoms with Crippen molar-refractivity contribution >= 4 is 17.3 Å². The van der Waals surface area contributed by atoms with Gasteiger partial charge in [0.1, 0.15) is 0 Å². The third-order valence-corrected chi connectivity index (χ3v) is 1.73. The van der Waals surface area contributed by atoms with Gasteiger partial charge in [0.05, 0.1) is 0 Å². The fourth-order valence-electron chi connectivity index (χ4n) is 0.883. The summed E-state index contributed by atoms with van der Waals surface area (Å²) in [6.07, 6.45) is 3.57. The molecule has 1 rings (SSSR count). The molecule has 12 heavy (non-hydrogen) atoms. The van der Waals surface area contributed by atoms with Crippen molar-refractivity contribution in [3.8, 4) is 0 Å². The highest BCUT2D eigenvalue weighted by Crippen LogP contribution is 2.03. The van der Waals surface area contributed by atoms with Gasteiger partial charge in [-0.2, -0.15) is 0 Å². The van der Waals surface area contributed by atoms with Gasteiger partial charge in [0.2, 0.25) is 0 Å². The zero-order chi connectivity index (χ0) is 8.97. The normalized spacial score (nSPS) is 9.42. The fourth-order valence-corrected chi connectivity index (χ4v) is 0.955. The molecular weight excluding hydrogens is 170 g/mol. The highest BCUT2D eigenvalue weighted by molar-refractivity contribution is 7.80. The van der Waals surface area contributed by atoms with E-state index in [2.05, 4.69) is 22.5 Å². The van der Waals surface area contributed by atoms with E-state index in [9.17, 15) is 0 Å². The summed E-state index contributed by atoms with van der Waals surface area (Å²) in [5.41, 5.74) is 7.60. The molecule has 0 aliphatic rings. The number of hydrogen-bond acceptors (Lipinski definition) is 2. The summed E-state index contributed by atoms with van der Waals surface area (Å²) in [4.78, 5) is 3.98. The maximum Gasteiger partial charge on any atom is 0.163 e. The highest BCUT2D eigenvalue weighted by Gasteiger charge is 1.96. The molecule has 0 bridgehead atoms. The van der Waals surface area contributed by atoms with Crippen molar-refractivity contribution in [1.82, 2.24) is 10.3 Å². The lowest BCUT2D eigenvalue weighted by atomic mass is 10.2. The predicted molar refractivity (Wildman–Crippen MR) is 52.6 cm³/mol. The number of thiocarbonyl (C=S) groups is 1. The Morgan fingerprint density at radius 3 is 3.08 bits per heavy atom. The molecule has 4 heteroatoms. The van der Waals surface area contributed by atoms with Crippen LogP contribution >= 0.6 is 12.2 Å². The summed E-state index contributed by atoms with van der Waals surface area (Å²) in [5.74, 6) is 0. The summed E-state index contributed by atoms with van der Waals surface area (Å²) in [6, 6.07) is 1.95. The van der Waals surface area contributed by atoms with Crippen molar-refractivity contribution in [1.29, 1.82) is 0 Å². The zero-order valence-electron chi connectivity index (χ0n) is 6.87. The molecule has 64 valence electrons. The molecule has 1 aromatic rings. The van der Waals surface area contributed by atoms with Crippen molar-refractivity contribution in [2.24, 2.45) is 5.73 Å². The van der Waals surface area contributed by atoms with Crippen LogP contribution in [-0.4, -0.2) is 10.1 Å². The molecule has 0 aliphatic heterocycles. The summed E-state index contributed by atoms with van der Waals surface area (Å²) in [7, 11) is 0. The second-order valence-electron chi connectivity index (χ2n) is 2.52. The summed E-state index contributed by atoms with van der Waals surface area (Å²) >= 11 is 4.69. The van der Waals surface area contributed by atoms with Gasteiger partial charge >= 0.3 is 0 Å². The largest absolute Gasteiger partial charge is 0.376 e. The van der Waals surface area contributed by atoms with Crippen LogP contribution in [0.4, 0.5) is 0 Å². The number of rotatable bonds is 2. The fraction of sp³-hybridized carbons (Fsp3) is 0.250. The van der Waals surface area contributed by atoms with Crippen LogP contribution < -0.4 is 11.1 Å². The molecule has 0 aromatic carbocycles. The van der Waals surface area contributed by atoms with Gasteiger partial charge in [-0.3, -0.25) is 4.98 Å². The molecule has 0 saturated carbocycles. The van der Waals surface area contributed by atoms with Gasteiger partial charge in [0, 0.05) is 18.9 Å². The lowest BCUT2D eigenvalue weighted by molar-refractivity contribution is 0.905. The average molecular weight is 181 g/mol. The van der Waals surface area contributed by atoms with Gasteiger partial charge in [-0.25, -0.2) is 0 Å². The molecule has 0 radical (unpaired) electrons. The number of pyridine rings is 1. The van der Waals surface area contributed by atoms with Gasteiger partial charge in [0.25, 0.3) is 0 Å². The SMILES string of the molecule is Cc1cnccc1CNC(N)=S. The number of nitrogens with one attached hydrogen (secondary N) is 1. The van der Waals surface area contributed by atoms with Gasteiger partial charge in [-0.1, -0.05) is 0 Å². The minimum atomic E-state index is 0.325. The van der Waals surface area contributed by atoms with Crippen LogP contribution in [0.25, 0.3) is 0 Å². The maximum atomic E-state index is 5.30. The van der Waals surface area contributed by atoms with Crippen molar-refractivity contribution < 1.29 is 0 Å². The van der Waals surface area contributed by atoms with E-state index in [4.69, 9.17) is 5.73 Å². The number of aryl methyl sites for hydroxylation is 1. The molecule has 0 spiro atoms. The van der Waals surface area contributed by atoms with Gasteiger partial charge in [-0.05, 0) is 36.3 Å². The van der Waals surface area contributed by atoms with E-state index in [1.165, 1.54) is 0 Å². The second kappa shape index (κ2) is 4.01. The first-order valence-corrected chi connectivity index (χ1v) is 4.04. The molecular formula is C8H11N3S. The Labute approximate surface area is 77.0 Å². The molecule has 0 unspecified atom stereocenters. The van der Waals surface area contributed by atoms with Crippen molar-refractivity contribution in [2.75, 3.05) is 0 Å². The monoisotopic (exact) mass is 181 g/mol. The van der Waals surface area contributed by atoms with Crippen LogP contribution in [0.3, 0.4) is 0 Å². The Morgan fingerprint density at radius 2 is 2.50 bits per heavy atom. The predicted octanol–water partition coefficient (Wildman–Crippen LogP) is 0.723. The topological polar surface area (TPSA) is 50.9 Å². The summed E-state index contributed by atoms with van der Waals surface area (Å²) in [5, 5.41) is 3.21. The lowest BCUT2D eigenvalue weighted by Crippen LogP contribution is -2.28. The lowest BCUT2D eigenvalue weighted by Gasteiger charge is -2.05. The Bertz CT molecular complexity index is 285. The van der Waals surface area contributed by atoms with E-state index in [1.807, 2.05) is 19.2 Å². The molecule has 0 saturated heterocycles. The van der Waals surface area contributed by atoms with Crippen LogP contribution in [0.1, 0.15) is 11.1 Å². The third-order valence-electron chi connectivity index (χ3n) is 1.59. The quantitative estimate of drug-likeness (QED) is 0.660. The van der Waals surface area contributed by atoms with E-state index in [0.717, 1.165) is 11.1 Å². The molecule has 1 heterocycles.